The van der Waals surface area contributed by atoms with Gasteiger partial charge in [0.2, 0.25) is 5.78 Å². The number of hydrogen-bond acceptors (Lipinski definition) is 5. The summed E-state index contributed by atoms with van der Waals surface area (Å²) < 4.78 is 10.9. The predicted molar refractivity (Wildman–Crippen MR) is 101 cm³/mol. The molecule has 0 aliphatic rings. The number of nitrogens with one attached hydrogen (secondary N) is 1. The van der Waals surface area contributed by atoms with Crippen LogP contribution >= 0.6 is 0 Å². The number of aromatic nitrogens is 1. The first-order valence-corrected chi connectivity index (χ1v) is 8.80. The summed E-state index contributed by atoms with van der Waals surface area (Å²) in [5.74, 6) is -0.588. The lowest BCUT2D eigenvalue weighted by Gasteiger charge is -2.17. The number of aryl methyl sites for hydroxylation is 2. The lowest BCUT2D eigenvalue weighted by Crippen LogP contribution is -2.33. The van der Waals surface area contributed by atoms with Gasteiger partial charge in [-0.1, -0.05) is 12.1 Å². The molecule has 6 nitrogen and oxygen atoms in total. The van der Waals surface area contributed by atoms with Crippen LogP contribution in [0.2, 0.25) is 0 Å². The van der Waals surface area contributed by atoms with Crippen LogP contribution < -0.4 is 4.74 Å². The monoisotopic (exact) mass is 371 g/mol. The van der Waals surface area contributed by atoms with Gasteiger partial charge in [0.1, 0.15) is 5.75 Å². The van der Waals surface area contributed by atoms with E-state index in [9.17, 15) is 14.4 Å². The molecule has 0 aliphatic carbocycles. The summed E-state index contributed by atoms with van der Waals surface area (Å²) in [4.78, 5) is 39.6. The Balaban J connectivity index is 2.06. The maximum atomic E-state index is 12.7. The molecule has 1 heterocycles. The van der Waals surface area contributed by atoms with E-state index >= 15 is 0 Å². The number of rotatable bonds is 7. The second kappa shape index (κ2) is 8.20. The maximum absolute atomic E-state index is 12.7. The zero-order valence-corrected chi connectivity index (χ0v) is 16.5. The molecule has 1 N–H and O–H groups in total. The molecule has 0 aliphatic heterocycles. The van der Waals surface area contributed by atoms with Gasteiger partial charge in [0.05, 0.1) is 5.69 Å². The van der Waals surface area contributed by atoms with Crippen LogP contribution in [0.15, 0.2) is 24.3 Å². The van der Waals surface area contributed by atoms with Gasteiger partial charge in [0.25, 0.3) is 0 Å². The number of carbonyl (C=O) groups is 3. The van der Waals surface area contributed by atoms with Crippen LogP contribution in [0.1, 0.15) is 58.4 Å². The van der Waals surface area contributed by atoms with E-state index in [-0.39, 0.29) is 17.3 Å². The number of ketones is 2. The minimum Gasteiger partial charge on any atom is -0.479 e. The third kappa shape index (κ3) is 4.64. The lowest BCUT2D eigenvalue weighted by atomic mass is 10.0. The molecule has 0 unspecified atom stereocenters. The van der Waals surface area contributed by atoms with Crippen molar-refractivity contribution in [2.75, 3.05) is 0 Å². The summed E-state index contributed by atoms with van der Waals surface area (Å²) >= 11 is 0. The van der Waals surface area contributed by atoms with Gasteiger partial charge in [-0.15, -0.1) is 0 Å². The van der Waals surface area contributed by atoms with E-state index in [0.29, 0.717) is 22.6 Å². The van der Waals surface area contributed by atoms with E-state index in [0.717, 1.165) is 5.56 Å². The zero-order chi connectivity index (χ0) is 20.3. The Kier molecular flexibility index (Phi) is 6.20. The minimum absolute atomic E-state index is 0.120. The molecule has 0 fully saturated rings. The molecule has 0 amide bonds. The first-order valence-electron chi connectivity index (χ1n) is 8.80. The van der Waals surface area contributed by atoms with Gasteiger partial charge in [0, 0.05) is 11.3 Å². The van der Waals surface area contributed by atoms with E-state index in [1.807, 2.05) is 25.1 Å². The highest BCUT2D eigenvalue weighted by molar-refractivity contribution is 6.05. The number of H-pyrrole nitrogens is 1. The van der Waals surface area contributed by atoms with Gasteiger partial charge in [-0.25, -0.2) is 4.79 Å². The van der Waals surface area contributed by atoms with Gasteiger partial charge < -0.3 is 14.5 Å². The summed E-state index contributed by atoms with van der Waals surface area (Å²) in [6, 6.07) is 7.32. The van der Waals surface area contributed by atoms with Crippen LogP contribution in [0.3, 0.4) is 0 Å². The third-order valence-electron chi connectivity index (χ3n) is 4.33. The number of benzene rings is 1. The first-order chi connectivity index (χ1) is 12.6. The van der Waals surface area contributed by atoms with Crippen molar-refractivity contribution in [1.29, 1.82) is 0 Å². The minimum atomic E-state index is -1.00. The van der Waals surface area contributed by atoms with Gasteiger partial charge in [-0.3, -0.25) is 9.59 Å². The number of hydrogen-bond donors (Lipinski definition) is 1. The van der Waals surface area contributed by atoms with Crippen molar-refractivity contribution in [3.63, 3.8) is 0 Å². The maximum Gasteiger partial charge on any atom is 0.347 e. The topological polar surface area (TPSA) is 85.5 Å². The molecule has 2 atom stereocenters. The zero-order valence-electron chi connectivity index (χ0n) is 16.5. The van der Waals surface area contributed by atoms with Crippen molar-refractivity contribution in [2.24, 2.45) is 0 Å². The van der Waals surface area contributed by atoms with E-state index in [1.165, 1.54) is 13.8 Å². The molecule has 1 aromatic carbocycles. The highest BCUT2D eigenvalue weighted by Gasteiger charge is 2.28. The summed E-state index contributed by atoms with van der Waals surface area (Å²) in [7, 11) is 0. The number of carbonyl (C=O) groups excluding carboxylic acids is 3. The van der Waals surface area contributed by atoms with Crippen LogP contribution in [-0.4, -0.2) is 34.7 Å². The van der Waals surface area contributed by atoms with Crippen LogP contribution in [0, 0.1) is 20.8 Å². The van der Waals surface area contributed by atoms with Crippen LogP contribution in [0.4, 0.5) is 0 Å². The molecule has 27 heavy (non-hydrogen) atoms. The van der Waals surface area contributed by atoms with Crippen LogP contribution in [-0.2, 0) is 9.53 Å². The molecule has 144 valence electrons. The van der Waals surface area contributed by atoms with Crippen LogP contribution in [0.25, 0.3) is 0 Å². The Bertz CT molecular complexity index is 881. The molecular formula is C21H25NO5. The Labute approximate surface area is 158 Å². The quantitative estimate of drug-likeness (QED) is 0.592. The first kappa shape index (κ1) is 20.4. The fourth-order valence-electron chi connectivity index (χ4n) is 2.99. The van der Waals surface area contributed by atoms with Crippen molar-refractivity contribution in [2.45, 2.75) is 53.8 Å². The fraction of sp³-hybridized carbons (Fsp3) is 0.381. The Morgan fingerprint density at radius 1 is 1.04 bits per heavy atom. The third-order valence-corrected chi connectivity index (χ3v) is 4.33. The van der Waals surface area contributed by atoms with Crippen molar-refractivity contribution in [3.8, 4) is 5.75 Å². The van der Waals surface area contributed by atoms with Crippen molar-refractivity contribution in [1.82, 2.24) is 4.98 Å². The highest BCUT2D eigenvalue weighted by Crippen LogP contribution is 2.21. The molecule has 0 saturated heterocycles. The molecule has 6 heteroatoms. The lowest BCUT2D eigenvalue weighted by molar-refractivity contribution is -0.153. The second-order valence-electron chi connectivity index (χ2n) is 6.70. The van der Waals surface area contributed by atoms with Gasteiger partial charge in [0.15, 0.2) is 18.0 Å². The standard InChI is InChI=1S/C21H25NO5/c1-11-8-7-9-17(10-11)26-16(6)21(25)27-15(5)20(24)19-12(2)18(14(4)23)13(3)22-19/h7-10,15-16,22H,1-6H3/t15-,16+/m1/s1. The van der Waals surface area contributed by atoms with Crippen molar-refractivity contribution in [3.05, 3.63) is 52.3 Å². The van der Waals surface area contributed by atoms with E-state index in [4.69, 9.17) is 9.47 Å². The number of esters is 1. The molecular weight excluding hydrogens is 346 g/mol. The van der Waals surface area contributed by atoms with E-state index in [1.54, 1.807) is 26.8 Å². The largest absolute Gasteiger partial charge is 0.479 e. The Morgan fingerprint density at radius 2 is 1.70 bits per heavy atom. The molecule has 0 saturated carbocycles. The van der Waals surface area contributed by atoms with Crippen LogP contribution in [0.5, 0.6) is 5.75 Å². The Morgan fingerprint density at radius 3 is 2.26 bits per heavy atom. The summed E-state index contributed by atoms with van der Waals surface area (Å²) in [5.41, 5.74) is 2.98. The highest BCUT2D eigenvalue weighted by atomic mass is 16.6. The van der Waals surface area contributed by atoms with E-state index < -0.39 is 18.2 Å². The van der Waals surface area contributed by atoms with Gasteiger partial charge in [-0.2, -0.15) is 0 Å². The number of Topliss-reactive ketones (excluding diaryl/α,β-unsaturated/α-hetero) is 2. The molecule has 0 radical (unpaired) electrons. The molecule has 1 aromatic heterocycles. The van der Waals surface area contributed by atoms with Crippen molar-refractivity contribution < 1.29 is 23.9 Å². The smallest absolute Gasteiger partial charge is 0.347 e. The normalized spacial score (nSPS) is 13.0. The summed E-state index contributed by atoms with van der Waals surface area (Å²) in [6.45, 7) is 9.88. The molecule has 2 aromatic rings. The SMILES string of the molecule is CC(=O)c1c(C)[nH]c(C(=O)[C@@H](C)OC(=O)[C@H](C)Oc2cccc(C)c2)c1C. The number of ether oxygens (including phenoxy) is 2. The molecule has 0 spiro atoms. The number of aromatic amines is 1. The summed E-state index contributed by atoms with van der Waals surface area (Å²) in [6.07, 6.45) is -1.86. The fourth-order valence-corrected chi connectivity index (χ4v) is 2.99. The van der Waals surface area contributed by atoms with Gasteiger partial charge >= 0.3 is 5.97 Å². The van der Waals surface area contributed by atoms with E-state index in [2.05, 4.69) is 4.98 Å². The average Bonchev–Trinajstić information content (AvgIpc) is 2.88. The summed E-state index contributed by atoms with van der Waals surface area (Å²) in [5, 5.41) is 0. The van der Waals surface area contributed by atoms with Gasteiger partial charge in [-0.05, 0) is 64.8 Å². The Hall–Kier alpha value is -2.89. The second-order valence-corrected chi connectivity index (χ2v) is 6.70. The molecule has 2 rings (SSSR count). The van der Waals surface area contributed by atoms with Crippen molar-refractivity contribution >= 4 is 17.5 Å². The average molecular weight is 371 g/mol. The molecule has 0 bridgehead atoms. The predicted octanol–water partition coefficient (Wildman–Crippen LogP) is 3.72.